The van der Waals surface area contributed by atoms with E-state index in [-0.39, 0.29) is 17.9 Å². The zero-order chi connectivity index (χ0) is 21.6. The average Bonchev–Trinajstić information content (AvgIpc) is 3.26. The molecule has 31 heavy (non-hydrogen) atoms. The Bertz CT molecular complexity index is 1220. The summed E-state index contributed by atoms with van der Waals surface area (Å²) in [5, 5.41) is 18.7. The highest BCUT2D eigenvalue weighted by molar-refractivity contribution is 5.71. The fourth-order valence-corrected chi connectivity index (χ4v) is 2.86. The summed E-state index contributed by atoms with van der Waals surface area (Å²) in [5.74, 6) is 1.50. The van der Waals surface area contributed by atoms with E-state index in [0.717, 1.165) is 11.3 Å². The molecule has 2 aromatic carbocycles. The van der Waals surface area contributed by atoms with Crippen molar-refractivity contribution >= 4 is 11.6 Å². The van der Waals surface area contributed by atoms with Crippen molar-refractivity contribution in [3.63, 3.8) is 0 Å². The van der Waals surface area contributed by atoms with E-state index in [2.05, 4.69) is 25.5 Å². The van der Waals surface area contributed by atoms with Gasteiger partial charge in [0.15, 0.2) is 11.5 Å². The van der Waals surface area contributed by atoms with Crippen molar-refractivity contribution in [3.05, 3.63) is 78.0 Å². The summed E-state index contributed by atoms with van der Waals surface area (Å²) in [7, 11) is 1.60. The van der Waals surface area contributed by atoms with Crippen molar-refractivity contribution in [2.24, 2.45) is 0 Å². The van der Waals surface area contributed by atoms with Crippen molar-refractivity contribution in [3.8, 4) is 28.8 Å². The van der Waals surface area contributed by atoms with Crippen molar-refractivity contribution in [1.29, 1.82) is 5.26 Å². The second-order valence-corrected chi connectivity index (χ2v) is 6.44. The first kappa shape index (κ1) is 19.8. The first-order chi connectivity index (χ1) is 15.2. The summed E-state index contributed by atoms with van der Waals surface area (Å²) in [6, 6.07) is 15.6. The van der Waals surface area contributed by atoms with Crippen molar-refractivity contribution in [1.82, 2.24) is 20.2 Å². The van der Waals surface area contributed by atoms with E-state index in [0.29, 0.717) is 23.1 Å². The summed E-state index contributed by atoms with van der Waals surface area (Å²) in [4.78, 5) is 8.02. The molecule has 0 amide bonds. The third-order valence-corrected chi connectivity index (χ3v) is 4.40. The smallest absolute Gasteiger partial charge is 0.158 e. The van der Waals surface area contributed by atoms with Gasteiger partial charge in [0.2, 0.25) is 0 Å². The van der Waals surface area contributed by atoms with Gasteiger partial charge in [-0.1, -0.05) is 18.2 Å². The van der Waals surface area contributed by atoms with Crippen LogP contribution in [0.5, 0.6) is 11.5 Å². The van der Waals surface area contributed by atoms with Crippen LogP contribution in [-0.2, 0) is 6.61 Å². The van der Waals surface area contributed by atoms with Gasteiger partial charge in [-0.3, -0.25) is 5.10 Å². The van der Waals surface area contributed by atoms with Gasteiger partial charge < -0.3 is 14.8 Å². The molecule has 4 rings (SSSR count). The van der Waals surface area contributed by atoms with Crippen LogP contribution in [0.1, 0.15) is 11.3 Å². The number of hydrogen-bond acceptors (Lipinski definition) is 7. The van der Waals surface area contributed by atoms with E-state index in [1.165, 1.54) is 18.5 Å². The number of methoxy groups -OCH3 is 1. The summed E-state index contributed by atoms with van der Waals surface area (Å²) in [6.07, 6.45) is 2.76. The fraction of sp³-hybridized carbons (Fsp3) is 0.0909. The van der Waals surface area contributed by atoms with Gasteiger partial charge in [0.05, 0.1) is 30.8 Å². The number of nitrogens with zero attached hydrogens (tertiary/aromatic N) is 4. The summed E-state index contributed by atoms with van der Waals surface area (Å²) in [5.41, 5.74) is 1.83. The lowest BCUT2D eigenvalue weighted by atomic mass is 10.1. The Labute approximate surface area is 177 Å². The van der Waals surface area contributed by atoms with Gasteiger partial charge >= 0.3 is 0 Å². The molecule has 0 fully saturated rings. The minimum absolute atomic E-state index is 0.207. The van der Waals surface area contributed by atoms with E-state index in [4.69, 9.17) is 14.7 Å². The van der Waals surface area contributed by atoms with Crippen molar-refractivity contribution < 1.29 is 13.9 Å². The zero-order valence-electron chi connectivity index (χ0n) is 16.5. The average molecular weight is 416 g/mol. The maximum absolute atomic E-state index is 14.7. The number of aromatic amines is 1. The minimum Gasteiger partial charge on any atom is -0.497 e. The van der Waals surface area contributed by atoms with E-state index >= 15 is 0 Å². The molecule has 0 radical (unpaired) electrons. The summed E-state index contributed by atoms with van der Waals surface area (Å²) < 4.78 is 25.7. The van der Waals surface area contributed by atoms with Crippen molar-refractivity contribution in [2.75, 3.05) is 12.4 Å². The Hall–Kier alpha value is -4.45. The number of nitrogens with one attached hydrogen (secondary N) is 2. The molecule has 0 aliphatic rings. The lowest BCUT2D eigenvalue weighted by Crippen LogP contribution is -1.99. The van der Waals surface area contributed by atoms with Crippen LogP contribution in [0.2, 0.25) is 0 Å². The Kier molecular flexibility index (Phi) is 5.71. The second kappa shape index (κ2) is 8.92. The maximum Gasteiger partial charge on any atom is 0.158 e. The monoisotopic (exact) mass is 416 g/mol. The Morgan fingerprint density at radius 1 is 1.10 bits per heavy atom. The predicted molar refractivity (Wildman–Crippen MR) is 111 cm³/mol. The van der Waals surface area contributed by atoms with Crippen LogP contribution in [-0.4, -0.2) is 27.3 Å². The van der Waals surface area contributed by atoms with Gasteiger partial charge in [0.25, 0.3) is 0 Å². The molecular weight excluding hydrogens is 399 g/mol. The Morgan fingerprint density at radius 3 is 2.65 bits per heavy atom. The Balaban J connectivity index is 1.53. The van der Waals surface area contributed by atoms with Gasteiger partial charge in [-0.15, -0.1) is 0 Å². The topological polar surface area (TPSA) is 109 Å². The van der Waals surface area contributed by atoms with Gasteiger partial charge in [-0.05, 0) is 29.8 Å². The largest absolute Gasteiger partial charge is 0.497 e. The molecular formula is C22H17FN6O2. The first-order valence-corrected chi connectivity index (χ1v) is 9.25. The molecule has 2 heterocycles. The van der Waals surface area contributed by atoms with Crippen LogP contribution >= 0.6 is 0 Å². The van der Waals surface area contributed by atoms with Crippen molar-refractivity contribution in [2.45, 2.75) is 6.61 Å². The highest BCUT2D eigenvalue weighted by Crippen LogP contribution is 2.33. The summed E-state index contributed by atoms with van der Waals surface area (Å²) >= 11 is 0. The summed E-state index contributed by atoms with van der Waals surface area (Å²) in [6.45, 7) is 0.264. The molecule has 0 atom stereocenters. The van der Waals surface area contributed by atoms with Crippen LogP contribution in [0.25, 0.3) is 11.3 Å². The standard InChI is InChI=1S/C22H17FN6O2/c1-30-16-7-5-14(6-8-16)13-31-19-4-2-3-17(23)22(19)18-9-20(29-28-18)27-21-12-25-15(10-24)11-26-21/h2-9,11-12H,13H2,1H3,(H2,26,27,28,29). The SMILES string of the molecule is COc1ccc(COc2cccc(F)c2-c2cc(Nc3cnc(C#N)cn3)n[nH]2)cc1. The molecule has 0 saturated carbocycles. The molecule has 8 nitrogen and oxygen atoms in total. The molecule has 0 bridgehead atoms. The van der Waals surface area contributed by atoms with Gasteiger partial charge in [-0.2, -0.15) is 10.4 Å². The number of anilines is 2. The van der Waals surface area contributed by atoms with Crippen LogP contribution in [0, 0.1) is 17.1 Å². The molecule has 0 unspecified atom stereocenters. The number of rotatable bonds is 7. The van der Waals surface area contributed by atoms with E-state index in [1.54, 1.807) is 25.3 Å². The quantitative estimate of drug-likeness (QED) is 0.464. The number of benzene rings is 2. The van der Waals surface area contributed by atoms with Gasteiger partial charge in [-0.25, -0.2) is 14.4 Å². The predicted octanol–water partition coefficient (Wildman–Crippen LogP) is 4.21. The van der Waals surface area contributed by atoms with Crippen LogP contribution in [0.4, 0.5) is 16.0 Å². The lowest BCUT2D eigenvalue weighted by Gasteiger charge is -2.11. The molecule has 0 saturated heterocycles. The van der Waals surface area contributed by atoms with E-state index in [9.17, 15) is 4.39 Å². The number of hydrogen-bond donors (Lipinski definition) is 2. The highest BCUT2D eigenvalue weighted by atomic mass is 19.1. The molecule has 0 aliphatic carbocycles. The first-order valence-electron chi connectivity index (χ1n) is 9.25. The molecule has 0 spiro atoms. The van der Waals surface area contributed by atoms with Gasteiger partial charge in [0.1, 0.15) is 35.8 Å². The highest BCUT2D eigenvalue weighted by Gasteiger charge is 2.15. The number of nitriles is 1. The third-order valence-electron chi connectivity index (χ3n) is 4.40. The minimum atomic E-state index is -0.444. The number of halogens is 1. The molecule has 0 aliphatic heterocycles. The molecule has 2 aromatic heterocycles. The number of ether oxygens (including phenoxy) is 2. The van der Waals surface area contributed by atoms with Crippen LogP contribution in [0.3, 0.4) is 0 Å². The normalized spacial score (nSPS) is 10.4. The molecule has 9 heteroatoms. The number of H-pyrrole nitrogens is 1. The van der Waals surface area contributed by atoms with Crippen LogP contribution < -0.4 is 14.8 Å². The zero-order valence-corrected chi connectivity index (χ0v) is 16.5. The fourth-order valence-electron chi connectivity index (χ4n) is 2.86. The lowest BCUT2D eigenvalue weighted by molar-refractivity contribution is 0.306. The molecule has 154 valence electrons. The third kappa shape index (κ3) is 4.59. The van der Waals surface area contributed by atoms with Gasteiger partial charge in [0, 0.05) is 6.07 Å². The molecule has 4 aromatic rings. The van der Waals surface area contributed by atoms with E-state index in [1.807, 2.05) is 30.3 Å². The second-order valence-electron chi connectivity index (χ2n) is 6.44. The number of aromatic nitrogens is 4. The van der Waals surface area contributed by atoms with Crippen LogP contribution in [0.15, 0.2) is 60.9 Å². The molecule has 2 N–H and O–H groups in total. The van der Waals surface area contributed by atoms with E-state index < -0.39 is 5.82 Å². The Morgan fingerprint density at radius 2 is 1.94 bits per heavy atom. The maximum atomic E-state index is 14.7.